The monoisotopic (exact) mass is 272 g/mol. The van der Waals surface area contributed by atoms with Gasteiger partial charge in [0.25, 0.3) is 0 Å². The number of nitrogens with one attached hydrogen (secondary N) is 1. The van der Waals surface area contributed by atoms with Gasteiger partial charge in [-0.05, 0) is 23.1 Å². The van der Waals surface area contributed by atoms with Crippen molar-refractivity contribution in [3.05, 3.63) is 52.4 Å². The summed E-state index contributed by atoms with van der Waals surface area (Å²) >= 11 is 0. The number of rotatable bonds is 3. The molecule has 0 spiro atoms. The number of carbonyl (C=O) groups is 1. The first kappa shape index (κ1) is 13.1. The van der Waals surface area contributed by atoms with Crippen LogP contribution in [0.5, 0.6) is 0 Å². The minimum Gasteiger partial charge on any atom is -0.375 e. The Kier molecular flexibility index (Phi) is 3.18. The number of nitrogens with two attached hydrogens (primary N) is 1. The van der Waals surface area contributed by atoms with Gasteiger partial charge in [-0.2, -0.15) is 0 Å². The molecule has 0 amide bonds. The van der Waals surface area contributed by atoms with Crippen LogP contribution in [0.1, 0.15) is 39.9 Å². The standard InChI is InChI=1S/C16H17FN2O/c1-2-9-11(7-18)12(8-20)14-10-5-3-4-6-13(10)19-16(14)15(9)17/h3-6,8,10,13,19H,2,7,18H2,1H3. The first-order valence-corrected chi connectivity index (χ1v) is 6.86. The van der Waals surface area contributed by atoms with Crippen LogP contribution >= 0.6 is 0 Å². The molecule has 0 radical (unpaired) electrons. The summed E-state index contributed by atoms with van der Waals surface area (Å²) in [5.41, 5.74) is 8.72. The molecule has 1 heterocycles. The van der Waals surface area contributed by atoms with Crippen LogP contribution < -0.4 is 11.1 Å². The Hall–Kier alpha value is -1.94. The van der Waals surface area contributed by atoms with E-state index < -0.39 is 0 Å². The minimum atomic E-state index is -0.259. The average Bonchev–Trinajstić information content (AvgIpc) is 2.87. The largest absolute Gasteiger partial charge is 0.375 e. The Morgan fingerprint density at radius 2 is 2.10 bits per heavy atom. The number of anilines is 1. The van der Waals surface area contributed by atoms with Crippen LogP contribution in [0.2, 0.25) is 0 Å². The molecular weight excluding hydrogens is 255 g/mol. The molecule has 1 aliphatic heterocycles. The second-order valence-corrected chi connectivity index (χ2v) is 5.11. The van der Waals surface area contributed by atoms with Gasteiger partial charge in [0.15, 0.2) is 6.29 Å². The fourth-order valence-electron chi connectivity index (χ4n) is 3.27. The molecule has 4 heteroatoms. The quantitative estimate of drug-likeness (QED) is 0.832. The van der Waals surface area contributed by atoms with Crippen LogP contribution in [0.3, 0.4) is 0 Å². The number of benzene rings is 1. The van der Waals surface area contributed by atoms with Crippen LogP contribution in [0.25, 0.3) is 0 Å². The van der Waals surface area contributed by atoms with Gasteiger partial charge < -0.3 is 11.1 Å². The molecule has 0 saturated heterocycles. The van der Waals surface area contributed by atoms with E-state index in [2.05, 4.69) is 5.32 Å². The fourth-order valence-corrected chi connectivity index (χ4v) is 3.27. The van der Waals surface area contributed by atoms with Crippen LogP contribution in [-0.2, 0) is 13.0 Å². The van der Waals surface area contributed by atoms with Gasteiger partial charge >= 0.3 is 0 Å². The van der Waals surface area contributed by atoms with Gasteiger partial charge in [-0.3, -0.25) is 4.79 Å². The summed E-state index contributed by atoms with van der Waals surface area (Å²) in [7, 11) is 0. The van der Waals surface area contributed by atoms with Crippen molar-refractivity contribution < 1.29 is 9.18 Å². The molecule has 2 aliphatic rings. The summed E-state index contributed by atoms with van der Waals surface area (Å²) in [6, 6.07) is 0.0148. The van der Waals surface area contributed by atoms with Gasteiger partial charge in [0.05, 0.1) is 11.7 Å². The lowest BCUT2D eigenvalue weighted by molar-refractivity contribution is 0.112. The zero-order valence-corrected chi connectivity index (χ0v) is 11.3. The van der Waals surface area contributed by atoms with Crippen molar-refractivity contribution in [2.24, 2.45) is 5.73 Å². The molecule has 3 rings (SSSR count). The SMILES string of the molecule is CCc1c(F)c2c(c(C=O)c1CN)C1C=CC=CC1N2. The molecule has 3 N–H and O–H groups in total. The molecule has 2 atom stereocenters. The smallest absolute Gasteiger partial charge is 0.150 e. The van der Waals surface area contributed by atoms with Gasteiger partial charge in [0.1, 0.15) is 5.82 Å². The highest BCUT2D eigenvalue weighted by atomic mass is 19.1. The molecule has 0 saturated carbocycles. The van der Waals surface area contributed by atoms with E-state index in [-0.39, 0.29) is 24.3 Å². The number of aldehydes is 1. The van der Waals surface area contributed by atoms with Gasteiger partial charge in [0, 0.05) is 18.0 Å². The summed E-state index contributed by atoms with van der Waals surface area (Å²) in [5.74, 6) is -0.259. The first-order valence-electron chi connectivity index (χ1n) is 6.86. The minimum absolute atomic E-state index is 0.000839. The molecule has 0 bridgehead atoms. The normalized spacial score (nSPS) is 22.4. The zero-order valence-electron chi connectivity index (χ0n) is 11.3. The molecule has 1 aromatic rings. The lowest BCUT2D eigenvalue weighted by Gasteiger charge is -2.18. The van der Waals surface area contributed by atoms with E-state index in [1.165, 1.54) is 0 Å². The number of hydrogen-bond donors (Lipinski definition) is 2. The number of carbonyl (C=O) groups excluding carboxylic acids is 1. The maximum Gasteiger partial charge on any atom is 0.150 e. The van der Waals surface area contributed by atoms with Gasteiger partial charge in [-0.15, -0.1) is 0 Å². The number of hydrogen-bond acceptors (Lipinski definition) is 3. The second kappa shape index (κ2) is 4.87. The number of halogens is 1. The van der Waals surface area contributed by atoms with Crippen molar-refractivity contribution in [3.63, 3.8) is 0 Å². The van der Waals surface area contributed by atoms with E-state index in [0.717, 1.165) is 11.8 Å². The molecule has 104 valence electrons. The van der Waals surface area contributed by atoms with Crippen molar-refractivity contribution in [2.45, 2.75) is 31.8 Å². The fraction of sp³-hybridized carbons (Fsp3) is 0.312. The van der Waals surface area contributed by atoms with Gasteiger partial charge in [-0.25, -0.2) is 4.39 Å². The maximum absolute atomic E-state index is 14.7. The summed E-state index contributed by atoms with van der Waals surface area (Å²) < 4.78 is 14.7. The van der Waals surface area contributed by atoms with E-state index in [1.54, 1.807) is 0 Å². The Morgan fingerprint density at radius 3 is 2.75 bits per heavy atom. The number of allylic oxidation sites excluding steroid dienone is 2. The lowest BCUT2D eigenvalue weighted by Crippen LogP contribution is -2.18. The zero-order chi connectivity index (χ0) is 14.3. The summed E-state index contributed by atoms with van der Waals surface area (Å²) in [6.07, 6.45) is 9.20. The summed E-state index contributed by atoms with van der Waals surface area (Å²) in [4.78, 5) is 11.6. The third kappa shape index (κ3) is 1.64. The first-order chi connectivity index (χ1) is 9.72. The Bertz CT molecular complexity index is 634. The van der Waals surface area contributed by atoms with Crippen LogP contribution in [-0.4, -0.2) is 12.3 Å². The summed E-state index contributed by atoms with van der Waals surface area (Å²) in [5, 5.41) is 3.19. The van der Waals surface area contributed by atoms with Gasteiger partial charge in [0.2, 0.25) is 0 Å². The molecular formula is C16H17FN2O. The number of fused-ring (bicyclic) bond motifs is 3. The molecule has 0 aromatic heterocycles. The topological polar surface area (TPSA) is 55.1 Å². The highest BCUT2D eigenvalue weighted by Gasteiger charge is 2.36. The molecule has 0 fully saturated rings. The van der Waals surface area contributed by atoms with Gasteiger partial charge in [-0.1, -0.05) is 31.2 Å². The summed E-state index contributed by atoms with van der Waals surface area (Å²) in [6.45, 7) is 2.05. The predicted octanol–water partition coefficient (Wildman–Crippen LogP) is 2.66. The molecule has 3 nitrogen and oxygen atoms in total. The lowest BCUT2D eigenvalue weighted by atomic mass is 9.85. The average molecular weight is 272 g/mol. The second-order valence-electron chi connectivity index (χ2n) is 5.11. The van der Waals surface area contributed by atoms with Crippen LogP contribution in [0, 0.1) is 5.82 Å². The van der Waals surface area contributed by atoms with E-state index in [1.807, 2.05) is 31.2 Å². The molecule has 20 heavy (non-hydrogen) atoms. The van der Waals surface area contributed by atoms with Crippen molar-refractivity contribution in [3.8, 4) is 0 Å². The van der Waals surface area contributed by atoms with E-state index >= 15 is 0 Å². The van der Waals surface area contributed by atoms with E-state index in [0.29, 0.717) is 28.8 Å². The van der Waals surface area contributed by atoms with E-state index in [4.69, 9.17) is 5.73 Å². The predicted molar refractivity (Wildman–Crippen MR) is 77.5 cm³/mol. The maximum atomic E-state index is 14.7. The van der Waals surface area contributed by atoms with Crippen LogP contribution in [0.15, 0.2) is 24.3 Å². The highest BCUT2D eigenvalue weighted by molar-refractivity contribution is 5.87. The van der Waals surface area contributed by atoms with Crippen molar-refractivity contribution in [1.29, 1.82) is 0 Å². The molecule has 1 aromatic carbocycles. The Labute approximate surface area is 117 Å². The van der Waals surface area contributed by atoms with Crippen molar-refractivity contribution in [1.82, 2.24) is 0 Å². The molecule has 2 unspecified atom stereocenters. The van der Waals surface area contributed by atoms with Crippen LogP contribution in [0.4, 0.5) is 10.1 Å². The third-order valence-corrected chi connectivity index (χ3v) is 4.19. The van der Waals surface area contributed by atoms with Crippen molar-refractivity contribution in [2.75, 3.05) is 5.32 Å². The third-order valence-electron chi connectivity index (χ3n) is 4.19. The highest BCUT2D eigenvalue weighted by Crippen LogP contribution is 2.44. The van der Waals surface area contributed by atoms with E-state index in [9.17, 15) is 9.18 Å². The Morgan fingerprint density at radius 1 is 1.35 bits per heavy atom. The Balaban J connectivity index is 2.31. The van der Waals surface area contributed by atoms with Crippen molar-refractivity contribution >= 4 is 12.0 Å². The molecule has 1 aliphatic carbocycles.